The molecular formula is C22H16Br2N4O3. The Morgan fingerprint density at radius 3 is 2.26 bits per heavy atom. The van der Waals surface area contributed by atoms with Crippen molar-refractivity contribution in [3.63, 3.8) is 0 Å². The van der Waals surface area contributed by atoms with Crippen LogP contribution in [0.3, 0.4) is 0 Å². The van der Waals surface area contributed by atoms with E-state index in [0.717, 1.165) is 14.5 Å². The van der Waals surface area contributed by atoms with Gasteiger partial charge in [0.2, 0.25) is 0 Å². The standard InChI is InChI=1S/C22H16Br2N4O3/c23-15-8-10-17(11-9-15)26-20(29)18-6-1-2-7-19(18)27-21(30)22(31)28-25-13-14-4-3-5-16(24)12-14/h1-13H,(H,26,29)(H,27,30)(H,28,31)/b25-13-. The van der Waals surface area contributed by atoms with E-state index in [2.05, 4.69) is 53.0 Å². The average Bonchev–Trinajstić information content (AvgIpc) is 2.75. The molecule has 3 aromatic rings. The van der Waals surface area contributed by atoms with Gasteiger partial charge in [-0.05, 0) is 54.1 Å². The summed E-state index contributed by atoms with van der Waals surface area (Å²) >= 11 is 6.67. The van der Waals surface area contributed by atoms with Crippen molar-refractivity contribution >= 4 is 67.2 Å². The second kappa shape index (κ2) is 10.6. The van der Waals surface area contributed by atoms with Crippen LogP contribution in [0.15, 0.2) is 86.8 Å². The van der Waals surface area contributed by atoms with Crippen LogP contribution in [0.5, 0.6) is 0 Å². The molecule has 0 spiro atoms. The van der Waals surface area contributed by atoms with Crippen LogP contribution in [0.2, 0.25) is 0 Å². The minimum Gasteiger partial charge on any atom is -0.322 e. The van der Waals surface area contributed by atoms with Gasteiger partial charge >= 0.3 is 11.8 Å². The van der Waals surface area contributed by atoms with Crippen LogP contribution in [-0.2, 0) is 9.59 Å². The largest absolute Gasteiger partial charge is 0.329 e. The second-order valence-electron chi connectivity index (χ2n) is 6.21. The van der Waals surface area contributed by atoms with Gasteiger partial charge in [0.25, 0.3) is 5.91 Å². The summed E-state index contributed by atoms with van der Waals surface area (Å²) in [6, 6.07) is 20.7. The van der Waals surface area contributed by atoms with Crippen molar-refractivity contribution in [2.75, 3.05) is 10.6 Å². The van der Waals surface area contributed by atoms with Crippen molar-refractivity contribution in [2.45, 2.75) is 0 Å². The number of carbonyl (C=O) groups excluding carboxylic acids is 3. The first-order chi connectivity index (χ1) is 14.9. The molecule has 3 rings (SSSR count). The maximum Gasteiger partial charge on any atom is 0.329 e. The predicted molar refractivity (Wildman–Crippen MR) is 127 cm³/mol. The summed E-state index contributed by atoms with van der Waals surface area (Å²) in [6.45, 7) is 0. The van der Waals surface area contributed by atoms with Gasteiger partial charge in [0.15, 0.2) is 0 Å². The number of halogens is 2. The normalized spacial score (nSPS) is 10.5. The number of benzene rings is 3. The summed E-state index contributed by atoms with van der Waals surface area (Å²) < 4.78 is 1.74. The van der Waals surface area contributed by atoms with Crippen molar-refractivity contribution in [3.8, 4) is 0 Å². The van der Waals surface area contributed by atoms with Crippen LogP contribution in [0, 0.1) is 0 Å². The minimum absolute atomic E-state index is 0.202. The van der Waals surface area contributed by atoms with Gasteiger partial charge < -0.3 is 10.6 Å². The van der Waals surface area contributed by atoms with E-state index in [9.17, 15) is 14.4 Å². The highest BCUT2D eigenvalue weighted by molar-refractivity contribution is 9.10. The molecule has 0 radical (unpaired) electrons. The Morgan fingerprint density at radius 1 is 0.774 bits per heavy atom. The maximum absolute atomic E-state index is 12.6. The highest BCUT2D eigenvalue weighted by atomic mass is 79.9. The summed E-state index contributed by atoms with van der Waals surface area (Å²) in [5.74, 6) is -2.34. The Hall–Kier alpha value is -3.30. The van der Waals surface area contributed by atoms with E-state index >= 15 is 0 Å². The van der Waals surface area contributed by atoms with E-state index in [1.807, 2.05) is 12.1 Å². The predicted octanol–water partition coefficient (Wildman–Crippen LogP) is 4.55. The lowest BCUT2D eigenvalue weighted by Crippen LogP contribution is -2.33. The molecule has 156 valence electrons. The summed E-state index contributed by atoms with van der Waals surface area (Å²) in [6.07, 6.45) is 1.41. The van der Waals surface area contributed by atoms with Gasteiger partial charge in [-0.25, -0.2) is 5.43 Å². The summed E-state index contributed by atoms with van der Waals surface area (Å²) in [7, 11) is 0. The quantitative estimate of drug-likeness (QED) is 0.250. The fourth-order valence-electron chi connectivity index (χ4n) is 2.50. The van der Waals surface area contributed by atoms with Gasteiger partial charge in [0, 0.05) is 14.6 Å². The Kier molecular flexibility index (Phi) is 7.69. The van der Waals surface area contributed by atoms with Crippen molar-refractivity contribution in [3.05, 3.63) is 92.9 Å². The third kappa shape index (κ3) is 6.59. The number of nitrogens with one attached hydrogen (secondary N) is 3. The van der Waals surface area contributed by atoms with Crippen LogP contribution in [0.25, 0.3) is 0 Å². The Labute approximate surface area is 195 Å². The molecule has 0 atom stereocenters. The van der Waals surface area contributed by atoms with Crippen molar-refractivity contribution in [1.29, 1.82) is 0 Å². The van der Waals surface area contributed by atoms with E-state index in [1.165, 1.54) is 12.3 Å². The molecular weight excluding hydrogens is 528 g/mol. The van der Waals surface area contributed by atoms with Crippen LogP contribution >= 0.6 is 31.9 Å². The number of carbonyl (C=O) groups is 3. The highest BCUT2D eigenvalue weighted by Gasteiger charge is 2.17. The number of amides is 3. The number of nitrogens with zero attached hydrogens (tertiary/aromatic N) is 1. The summed E-state index contributed by atoms with van der Waals surface area (Å²) in [4.78, 5) is 36.9. The Balaban J connectivity index is 1.63. The third-order valence-corrected chi connectivity index (χ3v) is 4.98. The van der Waals surface area contributed by atoms with Crippen molar-refractivity contribution in [2.24, 2.45) is 5.10 Å². The first-order valence-corrected chi connectivity index (χ1v) is 10.6. The number of hydrogen-bond acceptors (Lipinski definition) is 4. The molecule has 0 fully saturated rings. The Morgan fingerprint density at radius 2 is 1.52 bits per heavy atom. The van der Waals surface area contributed by atoms with Gasteiger partial charge in [-0.1, -0.05) is 56.1 Å². The number of rotatable bonds is 5. The molecule has 9 heteroatoms. The molecule has 0 unspecified atom stereocenters. The molecule has 0 heterocycles. The monoisotopic (exact) mass is 542 g/mol. The van der Waals surface area contributed by atoms with Gasteiger partial charge in [-0.3, -0.25) is 14.4 Å². The molecule has 0 aliphatic carbocycles. The molecule has 7 nitrogen and oxygen atoms in total. The van der Waals surface area contributed by atoms with Crippen molar-refractivity contribution < 1.29 is 14.4 Å². The molecule has 0 bridgehead atoms. The van der Waals surface area contributed by atoms with E-state index < -0.39 is 17.7 Å². The zero-order valence-corrected chi connectivity index (χ0v) is 19.1. The lowest BCUT2D eigenvalue weighted by atomic mass is 10.1. The SMILES string of the molecule is O=C(N/N=C\c1cccc(Br)c1)C(=O)Nc1ccccc1C(=O)Nc1ccc(Br)cc1. The lowest BCUT2D eigenvalue weighted by molar-refractivity contribution is -0.136. The highest BCUT2D eigenvalue weighted by Crippen LogP contribution is 2.19. The maximum atomic E-state index is 12.6. The molecule has 3 amide bonds. The fourth-order valence-corrected chi connectivity index (χ4v) is 3.19. The number of hydrogen-bond donors (Lipinski definition) is 3. The summed E-state index contributed by atoms with van der Waals surface area (Å²) in [5, 5.41) is 8.97. The zero-order valence-electron chi connectivity index (χ0n) is 15.9. The van der Waals surface area contributed by atoms with Gasteiger partial charge in [-0.2, -0.15) is 5.10 Å². The van der Waals surface area contributed by atoms with Crippen LogP contribution < -0.4 is 16.1 Å². The summed E-state index contributed by atoms with van der Waals surface area (Å²) in [5.41, 5.74) is 3.91. The first kappa shape index (κ1) is 22.4. The minimum atomic E-state index is -0.964. The molecule has 0 aliphatic rings. The van der Waals surface area contributed by atoms with E-state index in [0.29, 0.717) is 5.69 Å². The topological polar surface area (TPSA) is 99.7 Å². The molecule has 0 saturated carbocycles. The van der Waals surface area contributed by atoms with Gasteiger partial charge in [-0.15, -0.1) is 0 Å². The van der Waals surface area contributed by atoms with Crippen LogP contribution in [0.1, 0.15) is 15.9 Å². The molecule has 0 saturated heterocycles. The third-order valence-electron chi connectivity index (χ3n) is 3.96. The Bertz CT molecular complexity index is 1150. The van der Waals surface area contributed by atoms with Gasteiger partial charge in [0.1, 0.15) is 0 Å². The number of anilines is 2. The smallest absolute Gasteiger partial charge is 0.322 e. The van der Waals surface area contributed by atoms with E-state index in [4.69, 9.17) is 0 Å². The average molecular weight is 544 g/mol. The molecule has 0 aliphatic heterocycles. The molecule has 0 aromatic heterocycles. The van der Waals surface area contributed by atoms with E-state index in [1.54, 1.807) is 54.6 Å². The van der Waals surface area contributed by atoms with Crippen LogP contribution in [0.4, 0.5) is 11.4 Å². The lowest BCUT2D eigenvalue weighted by Gasteiger charge is -2.11. The zero-order chi connectivity index (χ0) is 22.2. The van der Waals surface area contributed by atoms with Gasteiger partial charge in [0.05, 0.1) is 17.5 Å². The molecule has 3 N–H and O–H groups in total. The number of para-hydroxylation sites is 1. The van der Waals surface area contributed by atoms with E-state index in [-0.39, 0.29) is 11.3 Å². The molecule has 31 heavy (non-hydrogen) atoms. The first-order valence-electron chi connectivity index (χ1n) is 8.98. The molecule has 3 aromatic carbocycles. The van der Waals surface area contributed by atoms with Crippen molar-refractivity contribution in [1.82, 2.24) is 5.43 Å². The number of hydrazone groups is 1. The second-order valence-corrected chi connectivity index (χ2v) is 8.05. The van der Waals surface area contributed by atoms with Crippen LogP contribution in [-0.4, -0.2) is 23.9 Å². The fraction of sp³-hybridized carbons (Fsp3) is 0.